The molecule has 0 N–H and O–H groups in total. The molecular formula is C18H16ClNO. The molecule has 3 aromatic rings. The van der Waals surface area contributed by atoms with Crippen molar-refractivity contribution in [2.75, 3.05) is 0 Å². The third kappa shape index (κ3) is 2.72. The molecule has 1 heterocycles. The van der Waals surface area contributed by atoms with Gasteiger partial charge >= 0.3 is 0 Å². The number of rotatable bonds is 3. The Morgan fingerprint density at radius 3 is 2.76 bits per heavy atom. The van der Waals surface area contributed by atoms with Gasteiger partial charge < -0.3 is 4.57 Å². The first-order chi connectivity index (χ1) is 10.0. The first kappa shape index (κ1) is 13.9. The lowest BCUT2D eigenvalue weighted by Crippen LogP contribution is -2.02. The van der Waals surface area contributed by atoms with Gasteiger partial charge in [-0.25, -0.2) is 0 Å². The molecule has 0 amide bonds. The minimum absolute atomic E-state index is 0.117. The summed E-state index contributed by atoms with van der Waals surface area (Å²) in [5, 5.41) is 1.67. The van der Waals surface area contributed by atoms with E-state index in [1.807, 2.05) is 54.2 Å². The van der Waals surface area contributed by atoms with Crippen LogP contribution in [0.2, 0.25) is 5.02 Å². The predicted molar refractivity (Wildman–Crippen MR) is 87.1 cm³/mol. The standard InChI is InChI=1S/C18H16ClNO/c1-12-6-7-15-16(11-20(2)17(15)8-12)18(21)10-13-4-3-5-14(19)9-13/h3-9,11H,10H2,1-2H3. The monoisotopic (exact) mass is 297 g/mol. The van der Waals surface area contributed by atoms with Crippen LogP contribution in [0.1, 0.15) is 21.5 Å². The van der Waals surface area contributed by atoms with Crippen molar-refractivity contribution in [3.05, 3.63) is 70.4 Å². The van der Waals surface area contributed by atoms with Crippen LogP contribution in [-0.4, -0.2) is 10.4 Å². The molecule has 3 rings (SSSR count). The average Bonchev–Trinajstić information content (AvgIpc) is 2.76. The van der Waals surface area contributed by atoms with Crippen molar-refractivity contribution in [2.24, 2.45) is 7.05 Å². The third-order valence-corrected chi connectivity index (χ3v) is 3.94. The molecular weight excluding hydrogens is 282 g/mol. The van der Waals surface area contributed by atoms with Gasteiger partial charge in [0.05, 0.1) is 0 Å². The molecule has 0 fully saturated rings. The lowest BCUT2D eigenvalue weighted by molar-refractivity contribution is 0.0994. The normalized spacial score (nSPS) is 11.0. The number of carbonyl (C=O) groups excluding carboxylic acids is 1. The Morgan fingerprint density at radius 2 is 2.00 bits per heavy atom. The van der Waals surface area contributed by atoms with E-state index < -0.39 is 0 Å². The van der Waals surface area contributed by atoms with Crippen LogP contribution in [-0.2, 0) is 13.5 Å². The van der Waals surface area contributed by atoms with E-state index >= 15 is 0 Å². The van der Waals surface area contributed by atoms with Crippen LogP contribution in [0, 0.1) is 6.92 Å². The van der Waals surface area contributed by atoms with Gasteiger partial charge in [-0.3, -0.25) is 4.79 Å². The van der Waals surface area contributed by atoms with Gasteiger partial charge in [-0.05, 0) is 36.2 Å². The number of benzene rings is 2. The number of nitrogens with zero attached hydrogens (tertiary/aromatic N) is 1. The fourth-order valence-electron chi connectivity index (χ4n) is 2.64. The molecule has 0 unspecified atom stereocenters. The molecule has 3 heteroatoms. The molecule has 0 bridgehead atoms. The molecule has 0 spiro atoms. The lowest BCUT2D eigenvalue weighted by atomic mass is 10.0. The maximum Gasteiger partial charge on any atom is 0.169 e. The molecule has 0 saturated carbocycles. The van der Waals surface area contributed by atoms with Crippen LogP contribution in [0.4, 0.5) is 0 Å². The largest absolute Gasteiger partial charge is 0.350 e. The van der Waals surface area contributed by atoms with Gasteiger partial charge in [0.15, 0.2) is 5.78 Å². The predicted octanol–water partition coefficient (Wildman–Crippen LogP) is 4.57. The molecule has 0 radical (unpaired) electrons. The summed E-state index contributed by atoms with van der Waals surface area (Å²) in [5.74, 6) is 0.117. The highest BCUT2D eigenvalue weighted by Crippen LogP contribution is 2.23. The minimum Gasteiger partial charge on any atom is -0.350 e. The second-order valence-electron chi connectivity index (χ2n) is 5.40. The maximum absolute atomic E-state index is 12.6. The van der Waals surface area contributed by atoms with Crippen molar-refractivity contribution < 1.29 is 4.79 Å². The SMILES string of the molecule is Cc1ccc2c(C(=O)Cc3cccc(Cl)c3)cn(C)c2c1. The summed E-state index contributed by atoms with van der Waals surface area (Å²) in [6, 6.07) is 13.6. The summed E-state index contributed by atoms with van der Waals surface area (Å²) >= 11 is 5.98. The maximum atomic E-state index is 12.6. The second kappa shape index (κ2) is 5.38. The number of aromatic nitrogens is 1. The fraction of sp³-hybridized carbons (Fsp3) is 0.167. The minimum atomic E-state index is 0.117. The van der Waals surface area contributed by atoms with Gasteiger partial charge in [-0.1, -0.05) is 35.9 Å². The molecule has 0 saturated heterocycles. The summed E-state index contributed by atoms with van der Waals surface area (Å²) < 4.78 is 2.01. The second-order valence-corrected chi connectivity index (χ2v) is 5.84. The topological polar surface area (TPSA) is 22.0 Å². The van der Waals surface area contributed by atoms with Gasteiger partial charge in [0.1, 0.15) is 0 Å². The van der Waals surface area contributed by atoms with Crippen LogP contribution < -0.4 is 0 Å². The molecule has 2 aromatic carbocycles. The van der Waals surface area contributed by atoms with E-state index in [4.69, 9.17) is 11.6 Å². The van der Waals surface area contributed by atoms with Crippen molar-refractivity contribution >= 4 is 28.3 Å². The Bertz CT molecular complexity index is 832. The van der Waals surface area contributed by atoms with Crippen molar-refractivity contribution in [3.63, 3.8) is 0 Å². The van der Waals surface area contributed by atoms with Gasteiger partial charge in [-0.2, -0.15) is 0 Å². The Morgan fingerprint density at radius 1 is 1.19 bits per heavy atom. The fourth-order valence-corrected chi connectivity index (χ4v) is 2.86. The number of ketones is 1. The van der Waals surface area contributed by atoms with Gasteiger partial charge in [0, 0.05) is 41.2 Å². The van der Waals surface area contributed by atoms with Gasteiger partial charge in [-0.15, -0.1) is 0 Å². The van der Waals surface area contributed by atoms with Crippen LogP contribution >= 0.6 is 11.6 Å². The summed E-state index contributed by atoms with van der Waals surface area (Å²) in [7, 11) is 1.97. The van der Waals surface area contributed by atoms with E-state index in [1.165, 1.54) is 5.56 Å². The Kier molecular flexibility index (Phi) is 3.56. The van der Waals surface area contributed by atoms with Gasteiger partial charge in [0.2, 0.25) is 0 Å². The number of halogens is 1. The van der Waals surface area contributed by atoms with E-state index in [0.29, 0.717) is 11.4 Å². The van der Waals surface area contributed by atoms with E-state index in [9.17, 15) is 4.79 Å². The number of hydrogen-bond donors (Lipinski definition) is 0. The Labute approximate surface area is 129 Å². The van der Waals surface area contributed by atoms with E-state index in [2.05, 4.69) is 13.0 Å². The molecule has 1 aromatic heterocycles. The quantitative estimate of drug-likeness (QED) is 0.649. The Hall–Kier alpha value is -2.06. The highest BCUT2D eigenvalue weighted by molar-refractivity contribution is 6.30. The Balaban J connectivity index is 1.98. The van der Waals surface area contributed by atoms with Crippen molar-refractivity contribution in [1.29, 1.82) is 0 Å². The summed E-state index contributed by atoms with van der Waals surface area (Å²) in [4.78, 5) is 12.6. The summed E-state index contributed by atoms with van der Waals surface area (Å²) in [5.41, 5.74) is 3.99. The third-order valence-electron chi connectivity index (χ3n) is 3.70. The molecule has 0 aliphatic heterocycles. The summed E-state index contributed by atoms with van der Waals surface area (Å²) in [6.07, 6.45) is 2.28. The van der Waals surface area contributed by atoms with E-state index in [0.717, 1.165) is 22.0 Å². The van der Waals surface area contributed by atoms with Gasteiger partial charge in [0.25, 0.3) is 0 Å². The van der Waals surface area contributed by atoms with Crippen LogP contribution in [0.25, 0.3) is 10.9 Å². The molecule has 0 aliphatic carbocycles. The number of hydrogen-bond acceptors (Lipinski definition) is 1. The van der Waals surface area contributed by atoms with Crippen molar-refractivity contribution in [1.82, 2.24) is 4.57 Å². The highest BCUT2D eigenvalue weighted by atomic mass is 35.5. The van der Waals surface area contributed by atoms with Crippen molar-refractivity contribution in [3.8, 4) is 0 Å². The first-order valence-electron chi connectivity index (χ1n) is 6.88. The summed E-state index contributed by atoms with van der Waals surface area (Å²) in [6.45, 7) is 2.06. The number of fused-ring (bicyclic) bond motifs is 1. The molecule has 106 valence electrons. The number of Topliss-reactive ketones (excluding diaryl/α,β-unsaturated/α-hetero) is 1. The zero-order valence-corrected chi connectivity index (χ0v) is 12.8. The smallest absolute Gasteiger partial charge is 0.169 e. The molecule has 0 atom stereocenters. The zero-order valence-electron chi connectivity index (χ0n) is 12.1. The highest BCUT2D eigenvalue weighted by Gasteiger charge is 2.14. The molecule has 0 aliphatic rings. The number of carbonyl (C=O) groups is 1. The lowest BCUT2D eigenvalue weighted by Gasteiger charge is -2.01. The first-order valence-corrected chi connectivity index (χ1v) is 7.26. The van der Waals surface area contributed by atoms with Crippen LogP contribution in [0.5, 0.6) is 0 Å². The average molecular weight is 298 g/mol. The molecule has 21 heavy (non-hydrogen) atoms. The van der Waals surface area contributed by atoms with E-state index in [1.54, 1.807) is 0 Å². The molecule has 2 nitrogen and oxygen atoms in total. The van der Waals surface area contributed by atoms with Crippen LogP contribution in [0.15, 0.2) is 48.7 Å². The zero-order chi connectivity index (χ0) is 15.0. The number of aryl methyl sites for hydroxylation is 2. The van der Waals surface area contributed by atoms with E-state index in [-0.39, 0.29) is 5.78 Å². The van der Waals surface area contributed by atoms with Crippen molar-refractivity contribution in [2.45, 2.75) is 13.3 Å². The van der Waals surface area contributed by atoms with Crippen LogP contribution in [0.3, 0.4) is 0 Å².